The van der Waals surface area contributed by atoms with E-state index in [9.17, 15) is 14.7 Å². The van der Waals surface area contributed by atoms with Crippen LogP contribution in [0.15, 0.2) is 0 Å². The normalized spacial score (nSPS) is 50.8. The monoisotopic (exact) mass is 310 g/mol. The van der Waals surface area contributed by atoms with Crippen molar-refractivity contribution in [2.75, 3.05) is 0 Å². The Morgan fingerprint density at radius 2 is 2.05 bits per heavy atom. The lowest BCUT2D eigenvalue weighted by molar-refractivity contribution is -0.150. The fraction of sp³-hybridized carbons (Fsp3) is 0.882. The van der Waals surface area contributed by atoms with E-state index in [1.54, 1.807) is 0 Å². The van der Waals surface area contributed by atoms with Crippen LogP contribution in [0.1, 0.15) is 47.0 Å². The van der Waals surface area contributed by atoms with Crippen LogP contribution in [0.4, 0.5) is 0 Å². The van der Waals surface area contributed by atoms with Crippen molar-refractivity contribution < 1.29 is 24.2 Å². The van der Waals surface area contributed by atoms with E-state index in [1.165, 1.54) is 6.92 Å². The number of fused-ring (bicyclic) bond motifs is 2. The summed E-state index contributed by atoms with van der Waals surface area (Å²) in [5.41, 5.74) is -0.332. The molecule has 5 heteroatoms. The molecule has 1 saturated heterocycles. The van der Waals surface area contributed by atoms with Crippen LogP contribution in [0.3, 0.4) is 0 Å². The van der Waals surface area contributed by atoms with E-state index in [0.717, 1.165) is 12.8 Å². The summed E-state index contributed by atoms with van der Waals surface area (Å²) in [5, 5.41) is 10.7. The standard InChI is InChI=1S/C17H26O5/c1-8-5-12-11(9(2)16(20)22-12)7-17(4)14(19)6-13(15(8)17)21-10(3)18/h8-9,11-15,19H,5-7H2,1-4H3/t8-,9-,11+,12+,13+,14-,15+,17+/m0/s1. The molecular formula is C17H26O5. The van der Waals surface area contributed by atoms with Crippen LogP contribution in [0.5, 0.6) is 0 Å². The zero-order chi connectivity index (χ0) is 16.2. The van der Waals surface area contributed by atoms with Gasteiger partial charge >= 0.3 is 11.9 Å². The van der Waals surface area contributed by atoms with Gasteiger partial charge in [-0.2, -0.15) is 0 Å². The number of ether oxygens (including phenoxy) is 2. The van der Waals surface area contributed by atoms with Crippen LogP contribution >= 0.6 is 0 Å². The minimum absolute atomic E-state index is 0.0647. The highest BCUT2D eigenvalue weighted by atomic mass is 16.6. The van der Waals surface area contributed by atoms with Crippen LogP contribution in [-0.4, -0.2) is 35.4 Å². The average molecular weight is 310 g/mol. The van der Waals surface area contributed by atoms with Gasteiger partial charge in [-0.05, 0) is 18.8 Å². The molecule has 0 amide bonds. The fourth-order valence-corrected chi connectivity index (χ4v) is 5.30. The summed E-state index contributed by atoms with van der Waals surface area (Å²) >= 11 is 0. The molecule has 0 aromatic rings. The molecule has 3 fully saturated rings. The van der Waals surface area contributed by atoms with Crippen molar-refractivity contribution in [1.82, 2.24) is 0 Å². The molecule has 0 aromatic heterocycles. The van der Waals surface area contributed by atoms with Crippen molar-refractivity contribution >= 4 is 11.9 Å². The highest BCUT2D eigenvalue weighted by Gasteiger charge is 2.60. The second-order valence-electron chi connectivity index (χ2n) is 7.78. The fourth-order valence-electron chi connectivity index (χ4n) is 5.30. The molecular weight excluding hydrogens is 284 g/mol. The number of aliphatic hydroxyl groups is 1. The van der Waals surface area contributed by atoms with Gasteiger partial charge in [0.05, 0.1) is 12.0 Å². The Balaban J connectivity index is 1.92. The summed E-state index contributed by atoms with van der Waals surface area (Å²) < 4.78 is 11.1. The van der Waals surface area contributed by atoms with Gasteiger partial charge in [0.1, 0.15) is 12.2 Å². The SMILES string of the molecule is CC(=O)O[C@@H]1C[C@H](O)[C@@]2(C)C[C@@H]3[C@H](C)C(=O)O[C@@H]3C[C@H](C)[C@H]12. The number of hydrogen-bond acceptors (Lipinski definition) is 5. The number of carbonyl (C=O) groups is 2. The van der Waals surface area contributed by atoms with Gasteiger partial charge in [-0.25, -0.2) is 0 Å². The molecule has 2 aliphatic carbocycles. The minimum atomic E-state index is -0.508. The summed E-state index contributed by atoms with van der Waals surface area (Å²) in [6.45, 7) is 7.55. The van der Waals surface area contributed by atoms with E-state index in [1.807, 2.05) is 6.92 Å². The Kier molecular flexibility index (Phi) is 3.75. The highest BCUT2D eigenvalue weighted by molar-refractivity contribution is 5.74. The van der Waals surface area contributed by atoms with Crippen molar-refractivity contribution in [2.45, 2.75) is 65.3 Å². The van der Waals surface area contributed by atoms with E-state index < -0.39 is 6.10 Å². The molecule has 5 nitrogen and oxygen atoms in total. The Labute approximate surface area is 131 Å². The Bertz CT molecular complexity index is 489. The lowest BCUT2D eigenvalue weighted by Crippen LogP contribution is -2.39. The number of hydrogen-bond donors (Lipinski definition) is 1. The van der Waals surface area contributed by atoms with Crippen molar-refractivity contribution in [3.63, 3.8) is 0 Å². The quantitative estimate of drug-likeness (QED) is 0.749. The van der Waals surface area contributed by atoms with Gasteiger partial charge in [-0.15, -0.1) is 0 Å². The molecule has 3 aliphatic rings. The lowest BCUT2D eigenvalue weighted by Gasteiger charge is -2.38. The van der Waals surface area contributed by atoms with E-state index in [-0.39, 0.29) is 53.2 Å². The van der Waals surface area contributed by atoms with Gasteiger partial charge in [-0.1, -0.05) is 20.8 Å². The zero-order valence-electron chi connectivity index (χ0n) is 13.7. The topological polar surface area (TPSA) is 72.8 Å². The largest absolute Gasteiger partial charge is 0.462 e. The maximum Gasteiger partial charge on any atom is 0.309 e. The van der Waals surface area contributed by atoms with Gasteiger partial charge in [0.25, 0.3) is 0 Å². The van der Waals surface area contributed by atoms with Crippen molar-refractivity contribution in [3.05, 3.63) is 0 Å². The molecule has 0 unspecified atom stereocenters. The molecule has 0 radical (unpaired) electrons. The van der Waals surface area contributed by atoms with Crippen LogP contribution < -0.4 is 0 Å². The van der Waals surface area contributed by atoms with Crippen molar-refractivity contribution in [3.8, 4) is 0 Å². The van der Waals surface area contributed by atoms with E-state index in [2.05, 4.69) is 13.8 Å². The predicted octanol–water partition coefficient (Wildman–Crippen LogP) is 1.91. The first-order chi connectivity index (χ1) is 10.2. The third-order valence-electron chi connectivity index (χ3n) is 6.35. The number of rotatable bonds is 1. The molecule has 8 atom stereocenters. The van der Waals surface area contributed by atoms with Gasteiger partial charge in [-0.3, -0.25) is 9.59 Å². The number of esters is 2. The second-order valence-corrected chi connectivity index (χ2v) is 7.78. The molecule has 124 valence electrons. The lowest BCUT2D eigenvalue weighted by atomic mass is 9.68. The molecule has 1 aliphatic heterocycles. The molecule has 0 aromatic carbocycles. The Morgan fingerprint density at radius 3 is 2.68 bits per heavy atom. The summed E-state index contributed by atoms with van der Waals surface area (Å²) in [4.78, 5) is 23.3. The predicted molar refractivity (Wildman–Crippen MR) is 78.7 cm³/mol. The van der Waals surface area contributed by atoms with Crippen LogP contribution in [0.2, 0.25) is 0 Å². The molecule has 22 heavy (non-hydrogen) atoms. The van der Waals surface area contributed by atoms with Gasteiger partial charge < -0.3 is 14.6 Å². The van der Waals surface area contributed by atoms with E-state index in [4.69, 9.17) is 9.47 Å². The highest BCUT2D eigenvalue weighted by Crippen LogP contribution is 2.57. The smallest absolute Gasteiger partial charge is 0.309 e. The first-order valence-electron chi connectivity index (χ1n) is 8.29. The number of aliphatic hydroxyl groups excluding tert-OH is 1. The maximum absolute atomic E-state index is 11.9. The van der Waals surface area contributed by atoms with Crippen LogP contribution in [0, 0.1) is 29.1 Å². The Morgan fingerprint density at radius 1 is 1.36 bits per heavy atom. The summed E-state index contributed by atoms with van der Waals surface area (Å²) in [7, 11) is 0. The average Bonchev–Trinajstić information content (AvgIpc) is 2.73. The zero-order valence-corrected chi connectivity index (χ0v) is 13.7. The number of carbonyl (C=O) groups excluding carboxylic acids is 2. The maximum atomic E-state index is 11.9. The summed E-state index contributed by atoms with van der Waals surface area (Å²) in [6.07, 6.45) is 1.21. The molecule has 1 heterocycles. The third-order valence-corrected chi connectivity index (χ3v) is 6.35. The molecule has 3 rings (SSSR count). The molecule has 0 bridgehead atoms. The summed E-state index contributed by atoms with van der Waals surface area (Å²) in [6, 6.07) is 0. The third kappa shape index (κ3) is 2.25. The molecule has 2 saturated carbocycles. The first kappa shape index (κ1) is 15.8. The minimum Gasteiger partial charge on any atom is -0.462 e. The first-order valence-corrected chi connectivity index (χ1v) is 8.29. The van der Waals surface area contributed by atoms with E-state index >= 15 is 0 Å². The van der Waals surface area contributed by atoms with Crippen molar-refractivity contribution in [2.24, 2.45) is 29.1 Å². The van der Waals surface area contributed by atoms with E-state index in [0.29, 0.717) is 6.42 Å². The van der Waals surface area contributed by atoms with Crippen molar-refractivity contribution in [1.29, 1.82) is 0 Å². The van der Waals surface area contributed by atoms with Crippen LogP contribution in [-0.2, 0) is 19.1 Å². The molecule has 0 spiro atoms. The Hall–Kier alpha value is -1.10. The van der Waals surface area contributed by atoms with Gasteiger partial charge in [0.15, 0.2) is 0 Å². The summed E-state index contributed by atoms with van der Waals surface area (Å²) in [5.74, 6) is -0.0305. The second kappa shape index (κ2) is 5.22. The van der Waals surface area contributed by atoms with Gasteiger partial charge in [0.2, 0.25) is 0 Å². The van der Waals surface area contributed by atoms with Gasteiger partial charge in [0, 0.05) is 30.6 Å². The van der Waals surface area contributed by atoms with Crippen LogP contribution in [0.25, 0.3) is 0 Å². The molecule has 1 N–H and O–H groups in total.